The Morgan fingerprint density at radius 2 is 2.46 bits per heavy atom. The van der Waals surface area contributed by atoms with E-state index in [0.717, 1.165) is 18.7 Å². The lowest BCUT2D eigenvalue weighted by atomic mass is 10.3. The minimum atomic E-state index is -0.202. The smallest absolute Gasteiger partial charge is 0.131 e. The number of pyridine rings is 1. The van der Waals surface area contributed by atoms with Crippen LogP contribution in [0.3, 0.4) is 0 Å². The van der Waals surface area contributed by atoms with Crippen molar-refractivity contribution in [3.05, 3.63) is 23.5 Å². The third kappa shape index (κ3) is 1.92. The van der Waals surface area contributed by atoms with Gasteiger partial charge in [0.05, 0.1) is 6.10 Å². The molecular weight excluding hydrogens is 188 g/mol. The molecule has 0 aliphatic carbocycles. The van der Waals surface area contributed by atoms with Crippen LogP contribution in [0.1, 0.15) is 6.42 Å². The van der Waals surface area contributed by atoms with Crippen LogP contribution in [0.25, 0.3) is 0 Å². The Morgan fingerprint density at radius 3 is 3.08 bits per heavy atom. The first-order valence-corrected chi connectivity index (χ1v) is 4.68. The summed E-state index contributed by atoms with van der Waals surface area (Å²) in [5, 5.41) is 9.84. The van der Waals surface area contributed by atoms with Crippen LogP contribution in [0.5, 0.6) is 0 Å². The van der Waals surface area contributed by atoms with Crippen molar-refractivity contribution in [2.24, 2.45) is 0 Å². The molecule has 0 spiro atoms. The molecule has 1 aromatic heterocycles. The molecule has 0 saturated carbocycles. The molecule has 1 saturated heterocycles. The van der Waals surface area contributed by atoms with E-state index in [-0.39, 0.29) is 6.10 Å². The lowest BCUT2D eigenvalue weighted by Gasteiger charge is -2.17. The van der Waals surface area contributed by atoms with Gasteiger partial charge in [-0.2, -0.15) is 0 Å². The number of β-amino-alcohol motifs (C(OH)–C–C–N with tert-alkyl or cyclic N) is 1. The van der Waals surface area contributed by atoms with E-state index in [1.165, 1.54) is 0 Å². The number of nitrogens with zero attached hydrogens (tertiary/aromatic N) is 2. The SMILES string of the molecule is OC1CCN(c2ccnc(Cl)c2)C1. The average Bonchev–Trinajstić information content (AvgIpc) is 2.52. The lowest BCUT2D eigenvalue weighted by molar-refractivity contribution is 0.198. The number of anilines is 1. The summed E-state index contributed by atoms with van der Waals surface area (Å²) < 4.78 is 0. The van der Waals surface area contributed by atoms with Crippen LogP contribution in [0.4, 0.5) is 5.69 Å². The predicted molar refractivity (Wildman–Crippen MR) is 52.1 cm³/mol. The van der Waals surface area contributed by atoms with Crippen LogP contribution in [0.2, 0.25) is 5.15 Å². The number of aliphatic hydroxyl groups excluding tert-OH is 1. The predicted octanol–water partition coefficient (Wildman–Crippen LogP) is 1.31. The molecule has 2 rings (SSSR count). The Balaban J connectivity index is 2.16. The number of hydrogen-bond acceptors (Lipinski definition) is 3. The third-order valence-corrected chi connectivity index (χ3v) is 2.45. The fourth-order valence-corrected chi connectivity index (χ4v) is 1.73. The molecule has 0 amide bonds. The molecule has 0 bridgehead atoms. The molecule has 13 heavy (non-hydrogen) atoms. The summed E-state index contributed by atoms with van der Waals surface area (Å²) in [7, 11) is 0. The molecule has 1 aliphatic rings. The molecule has 1 N–H and O–H groups in total. The van der Waals surface area contributed by atoms with Gasteiger partial charge in [0.2, 0.25) is 0 Å². The molecule has 1 aliphatic heterocycles. The van der Waals surface area contributed by atoms with Crippen molar-refractivity contribution in [2.75, 3.05) is 18.0 Å². The van der Waals surface area contributed by atoms with Gasteiger partial charge in [0.25, 0.3) is 0 Å². The summed E-state index contributed by atoms with van der Waals surface area (Å²) in [4.78, 5) is 6.02. The molecule has 1 aromatic rings. The Hall–Kier alpha value is -0.800. The zero-order chi connectivity index (χ0) is 9.26. The maximum Gasteiger partial charge on any atom is 0.131 e. The van der Waals surface area contributed by atoms with Gasteiger partial charge in [-0.3, -0.25) is 0 Å². The number of halogens is 1. The van der Waals surface area contributed by atoms with Gasteiger partial charge < -0.3 is 10.0 Å². The minimum Gasteiger partial charge on any atom is -0.391 e. The highest BCUT2D eigenvalue weighted by atomic mass is 35.5. The summed E-state index contributed by atoms with van der Waals surface area (Å²) >= 11 is 5.76. The van der Waals surface area contributed by atoms with Gasteiger partial charge in [-0.05, 0) is 18.6 Å². The summed E-state index contributed by atoms with van der Waals surface area (Å²) in [5.74, 6) is 0. The number of aliphatic hydroxyl groups is 1. The highest BCUT2D eigenvalue weighted by Gasteiger charge is 2.20. The van der Waals surface area contributed by atoms with Crippen molar-refractivity contribution in [1.29, 1.82) is 0 Å². The second-order valence-electron chi connectivity index (χ2n) is 3.23. The van der Waals surface area contributed by atoms with Gasteiger partial charge in [-0.15, -0.1) is 0 Å². The number of rotatable bonds is 1. The van der Waals surface area contributed by atoms with Crippen LogP contribution < -0.4 is 4.90 Å². The largest absolute Gasteiger partial charge is 0.391 e. The zero-order valence-electron chi connectivity index (χ0n) is 7.15. The third-order valence-electron chi connectivity index (χ3n) is 2.24. The maximum absolute atomic E-state index is 9.34. The normalized spacial score (nSPS) is 22.3. The molecule has 1 fully saturated rings. The van der Waals surface area contributed by atoms with Crippen molar-refractivity contribution >= 4 is 17.3 Å². The minimum absolute atomic E-state index is 0.202. The topological polar surface area (TPSA) is 36.4 Å². The lowest BCUT2D eigenvalue weighted by Crippen LogP contribution is -2.20. The molecule has 1 unspecified atom stereocenters. The van der Waals surface area contributed by atoms with E-state index in [9.17, 15) is 5.11 Å². The van der Waals surface area contributed by atoms with Crippen molar-refractivity contribution < 1.29 is 5.11 Å². The fraction of sp³-hybridized carbons (Fsp3) is 0.444. The van der Waals surface area contributed by atoms with E-state index in [1.807, 2.05) is 12.1 Å². The van der Waals surface area contributed by atoms with Crippen molar-refractivity contribution in [2.45, 2.75) is 12.5 Å². The molecule has 70 valence electrons. The zero-order valence-corrected chi connectivity index (χ0v) is 7.91. The van der Waals surface area contributed by atoms with E-state index < -0.39 is 0 Å². The quantitative estimate of drug-likeness (QED) is 0.692. The molecule has 3 nitrogen and oxygen atoms in total. The fourth-order valence-electron chi connectivity index (χ4n) is 1.57. The van der Waals surface area contributed by atoms with Crippen LogP contribution in [-0.2, 0) is 0 Å². The second-order valence-corrected chi connectivity index (χ2v) is 3.61. The first-order chi connectivity index (χ1) is 6.25. The molecule has 0 aromatic carbocycles. The Labute approximate surface area is 82.0 Å². The average molecular weight is 199 g/mol. The Bertz CT molecular complexity index is 305. The summed E-state index contributed by atoms with van der Waals surface area (Å²) in [6.07, 6.45) is 2.31. The van der Waals surface area contributed by atoms with E-state index in [4.69, 9.17) is 11.6 Å². The monoisotopic (exact) mass is 198 g/mol. The van der Waals surface area contributed by atoms with Crippen LogP contribution in [0, 0.1) is 0 Å². The van der Waals surface area contributed by atoms with Crippen LogP contribution >= 0.6 is 11.6 Å². The molecule has 2 heterocycles. The first-order valence-electron chi connectivity index (χ1n) is 4.30. The summed E-state index contributed by atoms with van der Waals surface area (Å²) in [6.45, 7) is 1.59. The summed E-state index contributed by atoms with van der Waals surface area (Å²) in [5.41, 5.74) is 1.04. The standard InChI is InChI=1S/C9H11ClN2O/c10-9-5-7(1-3-11-9)12-4-2-8(13)6-12/h1,3,5,8,13H,2,4,6H2. The van der Waals surface area contributed by atoms with Gasteiger partial charge in [0.15, 0.2) is 0 Å². The molecule has 1 atom stereocenters. The highest BCUT2D eigenvalue weighted by molar-refractivity contribution is 6.29. The van der Waals surface area contributed by atoms with Crippen molar-refractivity contribution in [1.82, 2.24) is 4.98 Å². The van der Waals surface area contributed by atoms with Crippen molar-refractivity contribution in [3.63, 3.8) is 0 Å². The number of aromatic nitrogens is 1. The summed E-state index contributed by atoms with van der Waals surface area (Å²) in [6, 6.07) is 3.73. The van der Waals surface area contributed by atoms with Crippen LogP contribution in [-0.4, -0.2) is 29.3 Å². The van der Waals surface area contributed by atoms with Gasteiger partial charge in [0, 0.05) is 25.0 Å². The van der Waals surface area contributed by atoms with Gasteiger partial charge in [-0.25, -0.2) is 4.98 Å². The van der Waals surface area contributed by atoms with E-state index in [1.54, 1.807) is 6.20 Å². The van der Waals surface area contributed by atoms with Gasteiger partial charge >= 0.3 is 0 Å². The first kappa shape index (κ1) is 8.78. The molecule has 4 heteroatoms. The van der Waals surface area contributed by atoms with Gasteiger partial charge in [0.1, 0.15) is 5.15 Å². The second kappa shape index (κ2) is 3.52. The van der Waals surface area contributed by atoms with E-state index in [2.05, 4.69) is 9.88 Å². The molecule has 0 radical (unpaired) electrons. The Kier molecular flexibility index (Phi) is 2.38. The van der Waals surface area contributed by atoms with E-state index >= 15 is 0 Å². The van der Waals surface area contributed by atoms with Crippen molar-refractivity contribution in [3.8, 4) is 0 Å². The van der Waals surface area contributed by atoms with E-state index in [0.29, 0.717) is 11.7 Å². The maximum atomic E-state index is 9.34. The number of hydrogen-bond donors (Lipinski definition) is 1. The molecular formula is C9H11ClN2O. The highest BCUT2D eigenvalue weighted by Crippen LogP contribution is 2.21. The Morgan fingerprint density at radius 1 is 1.62 bits per heavy atom. The van der Waals surface area contributed by atoms with Gasteiger partial charge in [-0.1, -0.05) is 11.6 Å². The van der Waals surface area contributed by atoms with Crippen LogP contribution in [0.15, 0.2) is 18.3 Å².